The molecule has 0 aromatic carbocycles. The van der Waals surface area contributed by atoms with Crippen LogP contribution in [0.25, 0.3) is 0 Å². The zero-order chi connectivity index (χ0) is 19.2. The van der Waals surface area contributed by atoms with Crippen LogP contribution in [0.15, 0.2) is 0 Å². The third kappa shape index (κ3) is 2.99. The van der Waals surface area contributed by atoms with E-state index in [1.807, 2.05) is 0 Å². The summed E-state index contributed by atoms with van der Waals surface area (Å²) in [6.07, 6.45) is 8.25. The Kier molecular flexibility index (Phi) is 4.60. The molecular weight excluding hydrogens is 350 g/mol. The molecule has 0 unspecified atom stereocenters. The van der Waals surface area contributed by atoms with E-state index in [2.05, 4.69) is 5.32 Å². The standard InChI is InChI=1S/C19H27N3O5/c23-15(22-13-7-3-2-6-12(13)10-14(22)16(24)25)11-21-17(26)19(20-18(21)27)8-4-1-5-9-19/h12-14H,1-11H2,(H,20,27)(H,24,25)/t12-,13-,14+/m1/s1. The Morgan fingerprint density at radius 1 is 1.07 bits per heavy atom. The molecule has 4 aliphatic rings. The number of urea groups is 1. The maximum absolute atomic E-state index is 13.0. The van der Waals surface area contributed by atoms with E-state index >= 15 is 0 Å². The first-order valence-electron chi connectivity index (χ1n) is 10.1. The quantitative estimate of drug-likeness (QED) is 0.725. The fraction of sp³-hybridized carbons (Fsp3) is 0.789. The molecule has 0 aromatic rings. The Morgan fingerprint density at radius 2 is 1.78 bits per heavy atom. The predicted octanol–water partition coefficient (Wildman–Crippen LogP) is 1.49. The molecule has 4 fully saturated rings. The van der Waals surface area contributed by atoms with Crippen LogP contribution in [0.2, 0.25) is 0 Å². The second-order valence-corrected chi connectivity index (χ2v) is 8.47. The molecule has 3 atom stereocenters. The van der Waals surface area contributed by atoms with Gasteiger partial charge in [-0.15, -0.1) is 0 Å². The highest BCUT2D eigenvalue weighted by Gasteiger charge is 2.53. The van der Waals surface area contributed by atoms with Crippen LogP contribution in [-0.4, -0.2) is 62.9 Å². The summed E-state index contributed by atoms with van der Waals surface area (Å²) in [5, 5.41) is 12.4. The number of carboxylic acid groups (broad SMARTS) is 1. The Balaban J connectivity index is 1.51. The molecule has 2 N–H and O–H groups in total. The van der Waals surface area contributed by atoms with Gasteiger partial charge in [0, 0.05) is 6.04 Å². The summed E-state index contributed by atoms with van der Waals surface area (Å²) in [5.41, 5.74) is -0.861. The zero-order valence-electron chi connectivity index (χ0n) is 15.5. The van der Waals surface area contributed by atoms with Crippen LogP contribution in [0.3, 0.4) is 0 Å². The third-order valence-electron chi connectivity index (χ3n) is 6.91. The minimum absolute atomic E-state index is 0.0863. The topological polar surface area (TPSA) is 107 Å². The van der Waals surface area contributed by atoms with Crippen molar-refractivity contribution in [1.82, 2.24) is 15.1 Å². The molecule has 8 heteroatoms. The number of likely N-dealkylation sites (tertiary alicyclic amines) is 1. The van der Waals surface area contributed by atoms with Gasteiger partial charge < -0.3 is 15.3 Å². The molecule has 2 saturated heterocycles. The first kappa shape index (κ1) is 18.3. The number of imide groups is 1. The molecule has 0 bridgehead atoms. The second kappa shape index (κ2) is 6.80. The molecule has 148 valence electrons. The van der Waals surface area contributed by atoms with Crippen molar-refractivity contribution in [2.75, 3.05) is 6.54 Å². The van der Waals surface area contributed by atoms with Crippen molar-refractivity contribution in [3.63, 3.8) is 0 Å². The lowest BCUT2D eigenvalue weighted by atomic mass is 9.82. The highest BCUT2D eigenvalue weighted by Crippen LogP contribution is 2.40. The minimum atomic E-state index is -1.00. The van der Waals surface area contributed by atoms with Gasteiger partial charge in [0.15, 0.2) is 0 Å². The molecule has 8 nitrogen and oxygen atoms in total. The van der Waals surface area contributed by atoms with Crippen molar-refractivity contribution < 1.29 is 24.3 Å². The maximum Gasteiger partial charge on any atom is 0.326 e. The number of carbonyl (C=O) groups excluding carboxylic acids is 3. The van der Waals surface area contributed by atoms with Crippen molar-refractivity contribution in [1.29, 1.82) is 0 Å². The van der Waals surface area contributed by atoms with Crippen LogP contribution in [-0.2, 0) is 14.4 Å². The van der Waals surface area contributed by atoms with Crippen molar-refractivity contribution in [2.24, 2.45) is 5.92 Å². The maximum atomic E-state index is 13.0. The van der Waals surface area contributed by atoms with Crippen molar-refractivity contribution in [2.45, 2.75) is 81.8 Å². The summed E-state index contributed by atoms with van der Waals surface area (Å²) >= 11 is 0. The number of hydrogen-bond acceptors (Lipinski definition) is 4. The Morgan fingerprint density at radius 3 is 2.48 bits per heavy atom. The molecule has 2 aliphatic carbocycles. The van der Waals surface area contributed by atoms with Gasteiger partial charge in [0.1, 0.15) is 18.1 Å². The fourth-order valence-electron chi connectivity index (χ4n) is 5.57. The average molecular weight is 377 g/mol. The molecule has 4 rings (SSSR count). The first-order valence-corrected chi connectivity index (χ1v) is 10.1. The summed E-state index contributed by atoms with van der Waals surface area (Å²) in [6, 6.07) is -1.46. The van der Waals surface area contributed by atoms with E-state index in [9.17, 15) is 24.3 Å². The van der Waals surface area contributed by atoms with Gasteiger partial charge in [-0.25, -0.2) is 9.59 Å². The van der Waals surface area contributed by atoms with E-state index in [4.69, 9.17) is 0 Å². The highest BCUT2D eigenvalue weighted by molar-refractivity contribution is 6.09. The molecule has 2 saturated carbocycles. The summed E-state index contributed by atoms with van der Waals surface area (Å²) in [6.45, 7) is -0.362. The molecule has 0 radical (unpaired) electrons. The van der Waals surface area contributed by atoms with Crippen molar-refractivity contribution >= 4 is 23.8 Å². The van der Waals surface area contributed by atoms with E-state index in [1.54, 1.807) is 0 Å². The van der Waals surface area contributed by atoms with Gasteiger partial charge in [0.2, 0.25) is 5.91 Å². The molecule has 2 heterocycles. The second-order valence-electron chi connectivity index (χ2n) is 8.47. The largest absolute Gasteiger partial charge is 0.480 e. The lowest BCUT2D eigenvalue weighted by molar-refractivity contribution is -0.151. The number of hydrogen-bond donors (Lipinski definition) is 2. The fourth-order valence-corrected chi connectivity index (χ4v) is 5.57. The van der Waals surface area contributed by atoms with Crippen LogP contribution >= 0.6 is 0 Å². The average Bonchev–Trinajstić information content (AvgIpc) is 3.14. The Hall–Kier alpha value is -2.12. The molecule has 27 heavy (non-hydrogen) atoms. The van der Waals surface area contributed by atoms with E-state index < -0.39 is 29.5 Å². The third-order valence-corrected chi connectivity index (χ3v) is 6.91. The van der Waals surface area contributed by atoms with Crippen LogP contribution in [0.5, 0.6) is 0 Å². The van der Waals surface area contributed by atoms with Gasteiger partial charge >= 0.3 is 12.0 Å². The number of nitrogens with one attached hydrogen (secondary N) is 1. The number of amides is 4. The van der Waals surface area contributed by atoms with Crippen LogP contribution in [0, 0.1) is 5.92 Å². The minimum Gasteiger partial charge on any atom is -0.480 e. The van der Waals surface area contributed by atoms with Gasteiger partial charge in [-0.1, -0.05) is 32.1 Å². The molecule has 2 aliphatic heterocycles. The van der Waals surface area contributed by atoms with E-state index in [-0.39, 0.29) is 24.4 Å². The smallest absolute Gasteiger partial charge is 0.326 e. The predicted molar refractivity (Wildman–Crippen MR) is 94.7 cm³/mol. The van der Waals surface area contributed by atoms with Crippen LogP contribution < -0.4 is 5.32 Å². The number of carbonyl (C=O) groups is 4. The monoisotopic (exact) mass is 377 g/mol. The SMILES string of the molecule is O=C(O)[C@@H]1C[C@H]2CCCC[C@H]2N1C(=O)CN1C(=O)NC2(CCCCC2)C1=O. The summed E-state index contributed by atoms with van der Waals surface area (Å²) in [5.74, 6) is -1.55. The lowest BCUT2D eigenvalue weighted by Gasteiger charge is -2.34. The molecule has 1 spiro atoms. The van der Waals surface area contributed by atoms with Crippen LogP contribution in [0.1, 0.15) is 64.2 Å². The van der Waals surface area contributed by atoms with Gasteiger partial charge in [-0.3, -0.25) is 14.5 Å². The van der Waals surface area contributed by atoms with Gasteiger partial charge in [-0.2, -0.15) is 0 Å². The summed E-state index contributed by atoms with van der Waals surface area (Å²) in [4.78, 5) is 52.5. The molecular formula is C19H27N3O5. The number of nitrogens with zero attached hydrogens (tertiary/aromatic N) is 2. The van der Waals surface area contributed by atoms with Crippen molar-refractivity contribution in [3.05, 3.63) is 0 Å². The number of carboxylic acids is 1. The summed E-state index contributed by atoms with van der Waals surface area (Å²) in [7, 11) is 0. The molecule has 0 aromatic heterocycles. The van der Waals surface area contributed by atoms with Crippen LogP contribution in [0.4, 0.5) is 4.79 Å². The van der Waals surface area contributed by atoms with Gasteiger partial charge in [0.25, 0.3) is 5.91 Å². The van der Waals surface area contributed by atoms with Gasteiger partial charge in [-0.05, 0) is 38.0 Å². The first-order chi connectivity index (χ1) is 12.9. The summed E-state index contributed by atoms with van der Waals surface area (Å²) < 4.78 is 0. The Bertz CT molecular complexity index is 672. The van der Waals surface area contributed by atoms with E-state index in [1.165, 1.54) is 4.90 Å². The zero-order valence-corrected chi connectivity index (χ0v) is 15.5. The van der Waals surface area contributed by atoms with E-state index in [0.29, 0.717) is 19.3 Å². The Labute approximate surface area is 158 Å². The lowest BCUT2D eigenvalue weighted by Crippen LogP contribution is -2.52. The number of rotatable bonds is 3. The number of aliphatic carboxylic acids is 1. The highest BCUT2D eigenvalue weighted by atomic mass is 16.4. The van der Waals surface area contributed by atoms with Gasteiger partial charge in [0.05, 0.1) is 0 Å². The van der Waals surface area contributed by atoms with E-state index in [0.717, 1.165) is 49.8 Å². The molecule has 4 amide bonds. The normalized spacial score (nSPS) is 32.5. The number of fused-ring (bicyclic) bond motifs is 1. The van der Waals surface area contributed by atoms with Crippen molar-refractivity contribution in [3.8, 4) is 0 Å².